The first-order valence-corrected chi connectivity index (χ1v) is 9.64. The lowest BCUT2D eigenvalue weighted by Gasteiger charge is -2.37. The van der Waals surface area contributed by atoms with Crippen LogP contribution in [-0.2, 0) is 11.3 Å². The lowest BCUT2D eigenvalue weighted by Crippen LogP contribution is -2.45. The average Bonchev–Trinajstić information content (AvgIpc) is 3.23. The predicted octanol–water partition coefficient (Wildman–Crippen LogP) is 3.08. The summed E-state index contributed by atoms with van der Waals surface area (Å²) in [7, 11) is 0. The molecular formula is C18H28N4OS. The molecule has 2 unspecified atom stereocenters. The Bertz CT molecular complexity index is 610. The third-order valence-electron chi connectivity index (χ3n) is 4.44. The van der Waals surface area contributed by atoms with Crippen LogP contribution in [0.2, 0.25) is 0 Å². The Labute approximate surface area is 148 Å². The number of rotatable bonds is 7. The molecule has 2 aromatic heterocycles. The fourth-order valence-electron chi connectivity index (χ4n) is 3.12. The highest BCUT2D eigenvalue weighted by Gasteiger charge is 2.26. The minimum atomic E-state index is 0.311. The van der Waals surface area contributed by atoms with Gasteiger partial charge in [0.05, 0.1) is 24.9 Å². The number of nitrogens with zero attached hydrogens (tertiary/aromatic N) is 3. The van der Waals surface area contributed by atoms with E-state index in [0.29, 0.717) is 18.2 Å². The second kappa shape index (κ2) is 8.25. The van der Waals surface area contributed by atoms with Gasteiger partial charge in [-0.15, -0.1) is 11.3 Å². The highest BCUT2D eigenvalue weighted by atomic mass is 32.1. The lowest BCUT2D eigenvalue weighted by atomic mass is 10.1. The first-order valence-electron chi connectivity index (χ1n) is 8.76. The second-order valence-electron chi connectivity index (χ2n) is 6.76. The molecule has 0 radical (unpaired) electrons. The zero-order chi connectivity index (χ0) is 16.9. The molecule has 5 nitrogen and oxygen atoms in total. The molecule has 0 bridgehead atoms. The molecular weight excluding hydrogens is 320 g/mol. The molecule has 3 heterocycles. The van der Waals surface area contributed by atoms with Gasteiger partial charge >= 0.3 is 0 Å². The van der Waals surface area contributed by atoms with Crippen LogP contribution < -0.4 is 5.32 Å². The summed E-state index contributed by atoms with van der Waals surface area (Å²) in [6.45, 7) is 11.1. The van der Waals surface area contributed by atoms with Gasteiger partial charge in [0.2, 0.25) is 0 Å². The molecule has 0 saturated carbocycles. The molecule has 1 fully saturated rings. The standard InChI is InChI=1S/C18H28N4OS/c1-14(2)22-13-16(10-20-22)9-19-11-17(18-5-4-8-24-18)21-6-7-23-15(3)12-21/h4-5,8,10,13-15,17,19H,6-7,9,11-12H2,1-3H3. The van der Waals surface area contributed by atoms with Crippen LogP contribution in [0.3, 0.4) is 0 Å². The monoisotopic (exact) mass is 348 g/mol. The van der Waals surface area contributed by atoms with Crippen molar-refractivity contribution in [1.82, 2.24) is 20.0 Å². The molecule has 1 saturated heterocycles. The first-order chi connectivity index (χ1) is 11.6. The molecule has 0 amide bonds. The normalized spacial score (nSPS) is 20.6. The van der Waals surface area contributed by atoms with Gasteiger partial charge in [0.15, 0.2) is 0 Å². The number of hydrogen-bond acceptors (Lipinski definition) is 5. The van der Waals surface area contributed by atoms with Crippen molar-refractivity contribution < 1.29 is 4.74 Å². The Morgan fingerprint density at radius 1 is 1.46 bits per heavy atom. The van der Waals surface area contributed by atoms with Gasteiger partial charge in [-0.05, 0) is 32.2 Å². The third kappa shape index (κ3) is 4.45. The molecule has 1 aliphatic heterocycles. The first kappa shape index (κ1) is 17.6. The predicted molar refractivity (Wildman–Crippen MR) is 98.4 cm³/mol. The Hall–Kier alpha value is -1.21. The number of nitrogens with one attached hydrogen (secondary N) is 1. The topological polar surface area (TPSA) is 42.3 Å². The maximum Gasteiger partial charge on any atom is 0.0674 e. The van der Waals surface area contributed by atoms with Gasteiger partial charge in [-0.2, -0.15) is 5.10 Å². The van der Waals surface area contributed by atoms with Crippen LogP contribution in [0.25, 0.3) is 0 Å². The van der Waals surface area contributed by atoms with Crippen molar-refractivity contribution >= 4 is 11.3 Å². The number of morpholine rings is 1. The number of thiophene rings is 1. The Morgan fingerprint density at radius 2 is 2.33 bits per heavy atom. The van der Waals surface area contributed by atoms with Gasteiger partial charge in [-0.1, -0.05) is 6.07 Å². The second-order valence-corrected chi connectivity index (χ2v) is 7.74. The van der Waals surface area contributed by atoms with Crippen LogP contribution in [0, 0.1) is 0 Å². The van der Waals surface area contributed by atoms with E-state index >= 15 is 0 Å². The van der Waals surface area contributed by atoms with Crippen molar-refractivity contribution in [2.75, 3.05) is 26.2 Å². The quantitative estimate of drug-likeness (QED) is 0.835. The highest BCUT2D eigenvalue weighted by Crippen LogP contribution is 2.26. The maximum atomic E-state index is 5.70. The summed E-state index contributed by atoms with van der Waals surface area (Å²) in [5, 5.41) is 10.2. The minimum absolute atomic E-state index is 0.311. The minimum Gasteiger partial charge on any atom is -0.376 e. The smallest absolute Gasteiger partial charge is 0.0674 e. The molecule has 0 aromatic carbocycles. The molecule has 6 heteroatoms. The van der Waals surface area contributed by atoms with Crippen LogP contribution in [-0.4, -0.2) is 47.0 Å². The molecule has 132 valence electrons. The third-order valence-corrected chi connectivity index (χ3v) is 5.41. The molecule has 0 spiro atoms. The van der Waals surface area contributed by atoms with Crippen molar-refractivity contribution in [3.63, 3.8) is 0 Å². The summed E-state index contributed by atoms with van der Waals surface area (Å²) in [4.78, 5) is 3.97. The van der Waals surface area contributed by atoms with Gasteiger partial charge in [0.25, 0.3) is 0 Å². The molecule has 3 rings (SSSR count). The zero-order valence-electron chi connectivity index (χ0n) is 14.8. The van der Waals surface area contributed by atoms with Crippen molar-refractivity contribution in [3.8, 4) is 0 Å². The van der Waals surface area contributed by atoms with E-state index in [9.17, 15) is 0 Å². The van der Waals surface area contributed by atoms with E-state index in [4.69, 9.17) is 4.74 Å². The van der Waals surface area contributed by atoms with Crippen LogP contribution in [0.5, 0.6) is 0 Å². The highest BCUT2D eigenvalue weighted by molar-refractivity contribution is 7.10. The van der Waals surface area contributed by atoms with Crippen LogP contribution >= 0.6 is 11.3 Å². The number of hydrogen-bond donors (Lipinski definition) is 1. The summed E-state index contributed by atoms with van der Waals surface area (Å²) < 4.78 is 7.72. The van der Waals surface area contributed by atoms with E-state index in [1.165, 1.54) is 10.4 Å². The van der Waals surface area contributed by atoms with E-state index in [-0.39, 0.29) is 0 Å². The summed E-state index contributed by atoms with van der Waals surface area (Å²) in [6, 6.07) is 5.21. The lowest BCUT2D eigenvalue weighted by molar-refractivity contribution is -0.0339. The van der Waals surface area contributed by atoms with Gasteiger partial charge in [-0.25, -0.2) is 0 Å². The SMILES string of the molecule is CC1CN(C(CNCc2cnn(C(C)C)c2)c2cccs2)CCO1. The molecule has 2 aromatic rings. The van der Waals surface area contributed by atoms with Gasteiger partial charge in [-0.3, -0.25) is 9.58 Å². The fraction of sp³-hybridized carbons (Fsp3) is 0.611. The van der Waals surface area contributed by atoms with E-state index < -0.39 is 0 Å². The number of ether oxygens (including phenoxy) is 1. The van der Waals surface area contributed by atoms with E-state index in [0.717, 1.165) is 32.8 Å². The van der Waals surface area contributed by atoms with Gasteiger partial charge < -0.3 is 10.1 Å². The molecule has 24 heavy (non-hydrogen) atoms. The van der Waals surface area contributed by atoms with Crippen molar-refractivity contribution in [3.05, 3.63) is 40.3 Å². The fourth-order valence-corrected chi connectivity index (χ4v) is 3.98. The summed E-state index contributed by atoms with van der Waals surface area (Å²) in [5.41, 5.74) is 1.24. The average molecular weight is 349 g/mol. The Balaban J connectivity index is 1.59. The van der Waals surface area contributed by atoms with E-state index in [1.807, 2.05) is 22.2 Å². The molecule has 0 aliphatic carbocycles. The largest absolute Gasteiger partial charge is 0.376 e. The van der Waals surface area contributed by atoms with Crippen LogP contribution in [0.15, 0.2) is 29.9 Å². The van der Waals surface area contributed by atoms with Crippen LogP contribution in [0.1, 0.15) is 43.3 Å². The molecule has 1 N–H and O–H groups in total. The van der Waals surface area contributed by atoms with Crippen molar-refractivity contribution in [1.29, 1.82) is 0 Å². The summed E-state index contributed by atoms with van der Waals surface area (Å²) in [5.74, 6) is 0. The van der Waals surface area contributed by atoms with Crippen LogP contribution in [0.4, 0.5) is 0 Å². The van der Waals surface area contributed by atoms with Gasteiger partial charge in [0.1, 0.15) is 0 Å². The summed E-state index contributed by atoms with van der Waals surface area (Å²) in [6.07, 6.45) is 4.41. The van der Waals surface area contributed by atoms with E-state index in [2.05, 4.69) is 59.8 Å². The molecule has 2 atom stereocenters. The van der Waals surface area contributed by atoms with Crippen molar-refractivity contribution in [2.24, 2.45) is 0 Å². The zero-order valence-corrected chi connectivity index (χ0v) is 15.6. The summed E-state index contributed by atoms with van der Waals surface area (Å²) >= 11 is 1.84. The Morgan fingerprint density at radius 3 is 3.00 bits per heavy atom. The molecule has 1 aliphatic rings. The number of aromatic nitrogens is 2. The van der Waals surface area contributed by atoms with E-state index in [1.54, 1.807) is 0 Å². The van der Waals surface area contributed by atoms with Crippen molar-refractivity contribution in [2.45, 2.75) is 45.5 Å². The Kier molecular flexibility index (Phi) is 6.05. The maximum absolute atomic E-state index is 5.70. The van der Waals surface area contributed by atoms with Gasteiger partial charge in [0, 0.05) is 48.9 Å².